The molecule has 19 heavy (non-hydrogen) atoms. The predicted molar refractivity (Wildman–Crippen MR) is 73.8 cm³/mol. The summed E-state index contributed by atoms with van der Waals surface area (Å²) in [7, 11) is 6.11. The first-order valence-corrected chi connectivity index (χ1v) is 7.29. The minimum Gasteiger partial charge on any atom is -1.00 e. The number of hydrogen-bond acceptors (Lipinski definition) is 6. The molecule has 1 unspecified atom stereocenters. The van der Waals surface area contributed by atoms with Gasteiger partial charge in [0.1, 0.15) is 12.6 Å². The van der Waals surface area contributed by atoms with Crippen molar-refractivity contribution in [1.29, 1.82) is 0 Å². The molecule has 6 nitrogen and oxygen atoms in total. The average molecular weight is 327 g/mol. The molecule has 0 aliphatic heterocycles. The fourth-order valence-electron chi connectivity index (χ4n) is 1.32. The first-order valence-electron chi connectivity index (χ1n) is 5.48. The van der Waals surface area contributed by atoms with E-state index in [1.165, 1.54) is 30.0 Å². The van der Waals surface area contributed by atoms with Crippen LogP contribution in [0.15, 0.2) is 4.34 Å². The monoisotopic (exact) mass is 326 g/mol. The number of rotatable bonds is 6. The van der Waals surface area contributed by atoms with Gasteiger partial charge < -0.3 is 27.3 Å². The van der Waals surface area contributed by atoms with Crippen LogP contribution in [0.3, 0.4) is 0 Å². The molecule has 1 atom stereocenters. The SMILES string of the molecule is CC(=O)Nc1nnc(SCC(O)C[N+](C)(C)C)s1.[Cl-]. The zero-order valence-electron chi connectivity index (χ0n) is 11.4. The Labute approximate surface area is 127 Å². The maximum Gasteiger partial charge on any atom is 0.223 e. The van der Waals surface area contributed by atoms with Crippen LogP contribution in [0.5, 0.6) is 0 Å². The standard InChI is InChI=1S/C10H18N4O2S2.ClH/c1-7(15)11-9-12-13-10(18-9)17-6-8(16)5-14(2,3)4;/h8,16H,5-6H2,1-4H3;1H. The molecule has 0 saturated carbocycles. The number of aliphatic hydroxyl groups is 1. The summed E-state index contributed by atoms with van der Waals surface area (Å²) in [4.78, 5) is 10.8. The van der Waals surface area contributed by atoms with E-state index < -0.39 is 0 Å². The number of carbonyl (C=O) groups is 1. The van der Waals surface area contributed by atoms with E-state index in [1.54, 1.807) is 0 Å². The van der Waals surface area contributed by atoms with E-state index in [1.807, 2.05) is 21.1 Å². The minimum atomic E-state index is -0.386. The second-order valence-electron chi connectivity index (χ2n) is 4.99. The molecule has 1 aromatic heterocycles. The molecule has 110 valence electrons. The third-order valence-corrected chi connectivity index (χ3v) is 3.96. The third kappa shape index (κ3) is 8.38. The Morgan fingerprint density at radius 1 is 1.47 bits per heavy atom. The number of hydrogen-bond donors (Lipinski definition) is 2. The molecule has 0 fully saturated rings. The predicted octanol–water partition coefficient (Wildman–Crippen LogP) is -2.34. The summed E-state index contributed by atoms with van der Waals surface area (Å²) >= 11 is 2.76. The van der Waals surface area contributed by atoms with Crippen LogP contribution in [-0.2, 0) is 4.79 Å². The fourth-order valence-corrected chi connectivity index (χ4v) is 3.06. The number of aromatic nitrogens is 2. The Bertz CT molecular complexity index is 408. The lowest BCUT2D eigenvalue weighted by molar-refractivity contribution is -0.873. The molecule has 0 bridgehead atoms. The van der Waals surface area contributed by atoms with Crippen LogP contribution < -0.4 is 17.7 Å². The summed E-state index contributed by atoms with van der Waals surface area (Å²) < 4.78 is 1.47. The van der Waals surface area contributed by atoms with Crippen LogP contribution in [0.4, 0.5) is 5.13 Å². The Balaban J connectivity index is 0.00000324. The van der Waals surface area contributed by atoms with Gasteiger partial charge in [-0.15, -0.1) is 10.2 Å². The van der Waals surface area contributed by atoms with Crippen LogP contribution in [0.25, 0.3) is 0 Å². The lowest BCUT2D eigenvalue weighted by Gasteiger charge is -2.26. The molecule has 1 aromatic rings. The van der Waals surface area contributed by atoms with Crippen LogP contribution in [0, 0.1) is 0 Å². The Hall–Kier alpha value is -0.410. The van der Waals surface area contributed by atoms with Crippen molar-refractivity contribution in [2.45, 2.75) is 17.4 Å². The van der Waals surface area contributed by atoms with Gasteiger partial charge in [0.25, 0.3) is 0 Å². The Morgan fingerprint density at radius 2 is 2.11 bits per heavy atom. The van der Waals surface area contributed by atoms with E-state index in [0.717, 1.165) is 8.82 Å². The highest BCUT2D eigenvalue weighted by Crippen LogP contribution is 2.26. The number of nitrogens with one attached hydrogen (secondary N) is 1. The van der Waals surface area contributed by atoms with E-state index >= 15 is 0 Å². The number of thioether (sulfide) groups is 1. The number of amides is 1. The molecule has 9 heteroatoms. The van der Waals surface area contributed by atoms with Crippen molar-refractivity contribution < 1.29 is 26.8 Å². The normalized spacial score (nSPS) is 12.7. The fraction of sp³-hybridized carbons (Fsp3) is 0.700. The largest absolute Gasteiger partial charge is 1.00 e. The lowest BCUT2D eigenvalue weighted by Crippen LogP contribution is -3.00. The van der Waals surface area contributed by atoms with Crippen LogP contribution in [-0.4, -0.2) is 65.2 Å². The molecule has 0 radical (unpaired) electrons. The van der Waals surface area contributed by atoms with Gasteiger partial charge in [0.2, 0.25) is 11.0 Å². The van der Waals surface area contributed by atoms with Crippen molar-refractivity contribution >= 4 is 34.1 Å². The Morgan fingerprint density at radius 3 is 2.63 bits per heavy atom. The summed E-state index contributed by atoms with van der Waals surface area (Å²) in [5.74, 6) is 0.414. The van der Waals surface area contributed by atoms with Crippen molar-refractivity contribution in [2.75, 3.05) is 38.8 Å². The molecule has 1 rings (SSSR count). The molecule has 0 aliphatic rings. The van der Waals surface area contributed by atoms with Gasteiger partial charge in [-0.3, -0.25) is 4.79 Å². The molecule has 1 heterocycles. The van der Waals surface area contributed by atoms with Gasteiger partial charge in [-0.05, 0) is 0 Å². The highest BCUT2D eigenvalue weighted by atomic mass is 35.5. The van der Waals surface area contributed by atoms with Gasteiger partial charge in [0.05, 0.1) is 21.1 Å². The number of anilines is 1. The molecular weight excluding hydrogens is 308 g/mol. The topological polar surface area (TPSA) is 75.1 Å². The number of halogens is 1. The van der Waals surface area contributed by atoms with Gasteiger partial charge in [-0.25, -0.2) is 0 Å². The number of likely N-dealkylation sites (N-methyl/N-ethyl adjacent to an activating group) is 1. The van der Waals surface area contributed by atoms with Crippen LogP contribution in [0.2, 0.25) is 0 Å². The zero-order chi connectivity index (χ0) is 13.8. The quantitative estimate of drug-likeness (QED) is 0.348. The molecule has 0 spiro atoms. The zero-order valence-corrected chi connectivity index (χ0v) is 13.8. The summed E-state index contributed by atoms with van der Waals surface area (Å²) in [5.41, 5.74) is 0. The van der Waals surface area contributed by atoms with Crippen molar-refractivity contribution in [1.82, 2.24) is 10.2 Å². The van der Waals surface area contributed by atoms with Gasteiger partial charge in [0.15, 0.2) is 4.34 Å². The van der Waals surface area contributed by atoms with Gasteiger partial charge in [0, 0.05) is 12.7 Å². The van der Waals surface area contributed by atoms with Crippen molar-refractivity contribution in [3.63, 3.8) is 0 Å². The number of nitrogens with zero attached hydrogens (tertiary/aromatic N) is 3. The van der Waals surface area contributed by atoms with E-state index in [4.69, 9.17) is 0 Å². The van der Waals surface area contributed by atoms with Crippen molar-refractivity contribution in [3.05, 3.63) is 0 Å². The van der Waals surface area contributed by atoms with Crippen LogP contribution in [0.1, 0.15) is 6.92 Å². The van der Waals surface area contributed by atoms with Gasteiger partial charge in [-0.1, -0.05) is 23.1 Å². The minimum absolute atomic E-state index is 0. The molecule has 0 aromatic carbocycles. The van der Waals surface area contributed by atoms with E-state index in [9.17, 15) is 9.90 Å². The van der Waals surface area contributed by atoms with E-state index in [-0.39, 0.29) is 24.4 Å². The molecule has 2 N–H and O–H groups in total. The number of aliphatic hydroxyl groups excluding tert-OH is 1. The number of carbonyl (C=O) groups excluding carboxylic acids is 1. The maximum absolute atomic E-state index is 10.8. The molecular formula is C10H19ClN4O2S2. The number of quaternary nitrogens is 1. The summed E-state index contributed by atoms with van der Waals surface area (Å²) in [6.07, 6.45) is -0.386. The third-order valence-electron chi connectivity index (χ3n) is 1.85. The summed E-state index contributed by atoms with van der Waals surface area (Å²) in [6, 6.07) is 0. The molecule has 0 aliphatic carbocycles. The first-order chi connectivity index (χ1) is 8.26. The smallest absolute Gasteiger partial charge is 0.223 e. The lowest BCUT2D eigenvalue weighted by atomic mass is 10.3. The second-order valence-corrected chi connectivity index (χ2v) is 7.24. The second kappa shape index (κ2) is 8.01. The first kappa shape index (κ1) is 18.6. The maximum atomic E-state index is 10.8. The summed E-state index contributed by atoms with van der Waals surface area (Å²) in [5, 5.41) is 20.7. The van der Waals surface area contributed by atoms with Crippen molar-refractivity contribution in [3.8, 4) is 0 Å². The van der Waals surface area contributed by atoms with Crippen molar-refractivity contribution in [2.24, 2.45) is 0 Å². The van der Waals surface area contributed by atoms with Gasteiger partial charge in [-0.2, -0.15) is 0 Å². The average Bonchev–Trinajstić information content (AvgIpc) is 2.59. The van der Waals surface area contributed by atoms with E-state index in [0.29, 0.717) is 17.4 Å². The molecule has 1 amide bonds. The van der Waals surface area contributed by atoms with Crippen LogP contribution >= 0.6 is 23.1 Å². The van der Waals surface area contributed by atoms with E-state index in [2.05, 4.69) is 15.5 Å². The Kier molecular flexibility index (Phi) is 7.83. The highest BCUT2D eigenvalue weighted by Gasteiger charge is 2.16. The molecule has 0 saturated heterocycles. The highest BCUT2D eigenvalue weighted by molar-refractivity contribution is 8.01. The summed E-state index contributed by atoms with van der Waals surface area (Å²) in [6.45, 7) is 2.11. The van der Waals surface area contributed by atoms with Gasteiger partial charge >= 0.3 is 0 Å².